The van der Waals surface area contributed by atoms with Crippen LogP contribution in [0.4, 0.5) is 0 Å². The van der Waals surface area contributed by atoms with Gasteiger partial charge in [0.05, 0.1) is 0 Å². The molecule has 3 rings (SSSR count). The molecule has 0 aromatic heterocycles. The van der Waals surface area contributed by atoms with E-state index in [-0.39, 0.29) is 0 Å². The molecule has 0 bridgehead atoms. The Bertz CT molecular complexity index is 468. The van der Waals surface area contributed by atoms with Crippen molar-refractivity contribution in [3.63, 3.8) is 0 Å². The molecule has 0 heterocycles. The van der Waals surface area contributed by atoms with Crippen molar-refractivity contribution in [2.45, 2.75) is 51.9 Å². The monoisotopic (exact) mass is 240 g/mol. The molecule has 2 aliphatic rings. The van der Waals surface area contributed by atoms with Crippen LogP contribution in [0, 0.1) is 11.3 Å². The zero-order chi connectivity index (χ0) is 12.8. The number of fused-ring (bicyclic) bond motifs is 1. The molecular weight excluding hydrogens is 216 g/mol. The third-order valence-corrected chi connectivity index (χ3v) is 4.99. The Hall–Kier alpha value is -1.04. The molecular formula is C18H24. The lowest BCUT2D eigenvalue weighted by molar-refractivity contribution is 0.130. The second kappa shape index (κ2) is 3.98. The van der Waals surface area contributed by atoms with Gasteiger partial charge in [-0.2, -0.15) is 0 Å². The van der Waals surface area contributed by atoms with Crippen LogP contribution >= 0.6 is 0 Å². The van der Waals surface area contributed by atoms with Gasteiger partial charge in [0.25, 0.3) is 0 Å². The summed E-state index contributed by atoms with van der Waals surface area (Å²) in [6, 6.07) is 11.2. The summed E-state index contributed by atoms with van der Waals surface area (Å²) in [5.74, 6) is 0.760. The quantitative estimate of drug-likeness (QED) is 0.645. The molecule has 2 atom stereocenters. The smallest absolute Gasteiger partial charge is 0.0178 e. The van der Waals surface area contributed by atoms with Crippen molar-refractivity contribution < 1.29 is 0 Å². The molecule has 0 spiro atoms. The molecule has 0 aliphatic heterocycles. The lowest BCUT2D eigenvalue weighted by atomic mass is 9.46. The summed E-state index contributed by atoms with van der Waals surface area (Å²) in [5.41, 5.74) is 4.17. The summed E-state index contributed by atoms with van der Waals surface area (Å²) in [6.07, 6.45) is 7.86. The van der Waals surface area contributed by atoms with Crippen molar-refractivity contribution in [3.05, 3.63) is 47.5 Å². The number of hydrogen-bond donors (Lipinski definition) is 0. The Morgan fingerprint density at radius 3 is 2.50 bits per heavy atom. The van der Waals surface area contributed by atoms with Crippen LogP contribution in [-0.4, -0.2) is 0 Å². The summed E-state index contributed by atoms with van der Waals surface area (Å²) in [6.45, 7) is 7.18. The Kier molecular flexibility index (Phi) is 2.66. The van der Waals surface area contributed by atoms with Crippen molar-refractivity contribution in [2.75, 3.05) is 0 Å². The molecule has 1 fully saturated rings. The minimum atomic E-state index is 0.362. The van der Waals surface area contributed by atoms with E-state index in [1.807, 2.05) is 0 Å². The Morgan fingerprint density at radius 1 is 1.17 bits per heavy atom. The fourth-order valence-electron chi connectivity index (χ4n) is 4.54. The predicted octanol–water partition coefficient (Wildman–Crippen LogP) is 5.10. The van der Waals surface area contributed by atoms with Crippen LogP contribution in [0.5, 0.6) is 0 Å². The lowest BCUT2D eigenvalue weighted by Crippen LogP contribution is -2.50. The predicted molar refractivity (Wildman–Crippen MR) is 77.6 cm³/mol. The van der Waals surface area contributed by atoms with Gasteiger partial charge in [-0.05, 0) is 42.6 Å². The maximum absolute atomic E-state index is 2.54. The molecule has 2 aliphatic carbocycles. The van der Waals surface area contributed by atoms with Crippen molar-refractivity contribution in [1.82, 2.24) is 0 Å². The number of benzene rings is 1. The molecule has 1 saturated carbocycles. The molecule has 1 aromatic carbocycles. The molecule has 2 unspecified atom stereocenters. The fraction of sp³-hybridized carbons (Fsp3) is 0.556. The average molecular weight is 240 g/mol. The second-order valence-electron chi connectivity index (χ2n) is 6.94. The summed E-state index contributed by atoms with van der Waals surface area (Å²) >= 11 is 0. The first-order valence-electron chi connectivity index (χ1n) is 7.33. The molecule has 18 heavy (non-hydrogen) atoms. The Labute approximate surface area is 111 Å². The van der Waals surface area contributed by atoms with Crippen LogP contribution < -0.4 is 0 Å². The van der Waals surface area contributed by atoms with Gasteiger partial charge in [-0.1, -0.05) is 62.8 Å². The van der Waals surface area contributed by atoms with Crippen molar-refractivity contribution in [3.8, 4) is 0 Å². The van der Waals surface area contributed by atoms with Crippen LogP contribution in [0.25, 0.3) is 0 Å². The molecule has 96 valence electrons. The van der Waals surface area contributed by atoms with Crippen LogP contribution in [0.1, 0.15) is 52.0 Å². The number of hydrogen-bond acceptors (Lipinski definition) is 0. The van der Waals surface area contributed by atoms with Gasteiger partial charge in [0.1, 0.15) is 0 Å². The van der Waals surface area contributed by atoms with Gasteiger partial charge < -0.3 is 0 Å². The topological polar surface area (TPSA) is 0 Å². The fourth-order valence-corrected chi connectivity index (χ4v) is 4.54. The van der Waals surface area contributed by atoms with Crippen molar-refractivity contribution in [2.24, 2.45) is 11.3 Å². The molecule has 0 radical (unpaired) electrons. The van der Waals surface area contributed by atoms with E-state index < -0.39 is 0 Å². The van der Waals surface area contributed by atoms with E-state index in [1.165, 1.54) is 25.7 Å². The maximum atomic E-state index is 2.54. The largest absolute Gasteiger partial charge is 0.0838 e. The van der Waals surface area contributed by atoms with E-state index >= 15 is 0 Å². The molecule has 0 N–H and O–H groups in total. The van der Waals surface area contributed by atoms with Crippen LogP contribution in [0.3, 0.4) is 0 Å². The highest BCUT2D eigenvalue weighted by Crippen LogP contribution is 2.66. The van der Waals surface area contributed by atoms with Gasteiger partial charge in [-0.25, -0.2) is 0 Å². The Morgan fingerprint density at radius 2 is 1.89 bits per heavy atom. The first kappa shape index (κ1) is 12.0. The first-order chi connectivity index (χ1) is 8.57. The third kappa shape index (κ3) is 1.58. The van der Waals surface area contributed by atoms with E-state index in [4.69, 9.17) is 0 Å². The first-order valence-corrected chi connectivity index (χ1v) is 7.33. The lowest BCUT2D eigenvalue weighted by Gasteiger charge is -2.57. The molecule has 0 amide bonds. The second-order valence-corrected chi connectivity index (χ2v) is 6.94. The molecule has 0 heteroatoms. The third-order valence-electron chi connectivity index (χ3n) is 4.99. The Balaban J connectivity index is 2.02. The number of rotatable bonds is 3. The van der Waals surface area contributed by atoms with E-state index in [9.17, 15) is 0 Å². The van der Waals surface area contributed by atoms with Crippen molar-refractivity contribution in [1.29, 1.82) is 0 Å². The molecule has 0 nitrogen and oxygen atoms in total. The van der Waals surface area contributed by atoms with Gasteiger partial charge in [-0.15, -0.1) is 0 Å². The highest BCUT2D eigenvalue weighted by atomic mass is 14.6. The minimum Gasteiger partial charge on any atom is -0.0838 e. The van der Waals surface area contributed by atoms with Crippen LogP contribution in [0.15, 0.2) is 42.0 Å². The standard InChI is InChI=1S/C18H24/c1-14(2)12-18(15-8-5-4-6-9-15)13-17(3)11-7-10-16(17)18/h4-6,8-10,14H,7,11-13H2,1-3H3. The van der Waals surface area contributed by atoms with E-state index in [0.717, 1.165) is 5.92 Å². The summed E-state index contributed by atoms with van der Waals surface area (Å²) in [7, 11) is 0. The summed E-state index contributed by atoms with van der Waals surface area (Å²) < 4.78 is 0. The highest BCUT2D eigenvalue weighted by molar-refractivity contribution is 5.49. The number of allylic oxidation sites excluding steroid dienone is 2. The van der Waals surface area contributed by atoms with Gasteiger partial charge in [0, 0.05) is 5.41 Å². The zero-order valence-corrected chi connectivity index (χ0v) is 11.9. The van der Waals surface area contributed by atoms with Crippen LogP contribution in [0.2, 0.25) is 0 Å². The van der Waals surface area contributed by atoms with E-state index in [1.54, 1.807) is 11.1 Å². The minimum absolute atomic E-state index is 0.362. The summed E-state index contributed by atoms with van der Waals surface area (Å²) in [5, 5.41) is 0. The summed E-state index contributed by atoms with van der Waals surface area (Å²) in [4.78, 5) is 0. The molecule has 1 aromatic rings. The maximum Gasteiger partial charge on any atom is 0.0178 e. The highest BCUT2D eigenvalue weighted by Gasteiger charge is 2.58. The van der Waals surface area contributed by atoms with Gasteiger partial charge in [-0.3, -0.25) is 0 Å². The zero-order valence-electron chi connectivity index (χ0n) is 11.9. The average Bonchev–Trinajstić information content (AvgIpc) is 2.64. The van der Waals surface area contributed by atoms with Gasteiger partial charge in [0.15, 0.2) is 0 Å². The SMILES string of the molecule is CC(C)CC1(c2ccccc2)CC2(C)CCC=C21. The van der Waals surface area contributed by atoms with E-state index in [0.29, 0.717) is 10.8 Å². The van der Waals surface area contributed by atoms with Gasteiger partial charge in [0.2, 0.25) is 0 Å². The van der Waals surface area contributed by atoms with E-state index in [2.05, 4.69) is 57.2 Å². The van der Waals surface area contributed by atoms with Crippen molar-refractivity contribution >= 4 is 0 Å². The van der Waals surface area contributed by atoms with Crippen LogP contribution in [-0.2, 0) is 5.41 Å². The van der Waals surface area contributed by atoms with Gasteiger partial charge >= 0.3 is 0 Å². The normalized spacial score (nSPS) is 34.1. The molecule has 0 saturated heterocycles.